The van der Waals surface area contributed by atoms with E-state index < -0.39 is 24.5 Å². The summed E-state index contributed by atoms with van der Waals surface area (Å²) in [4.78, 5) is 8.30. The van der Waals surface area contributed by atoms with Gasteiger partial charge in [0.2, 0.25) is 0 Å². The molecule has 7 heteroatoms. The average Bonchev–Trinajstić information content (AvgIpc) is 3.06. The van der Waals surface area contributed by atoms with Crippen molar-refractivity contribution < 1.29 is 14.9 Å². The first-order chi connectivity index (χ1) is 10.6. The van der Waals surface area contributed by atoms with E-state index in [9.17, 15) is 10.2 Å². The molecule has 0 aliphatic carbocycles. The van der Waals surface area contributed by atoms with E-state index in [-0.39, 0.29) is 6.42 Å². The highest BCUT2D eigenvalue weighted by molar-refractivity contribution is 5.89. The number of terminal acetylenes is 1. The van der Waals surface area contributed by atoms with Gasteiger partial charge in [0, 0.05) is 12.6 Å². The Morgan fingerprint density at radius 3 is 2.95 bits per heavy atom. The van der Waals surface area contributed by atoms with Gasteiger partial charge in [0.1, 0.15) is 30.1 Å². The van der Waals surface area contributed by atoms with Crippen LogP contribution in [0.2, 0.25) is 0 Å². The molecule has 3 heterocycles. The van der Waals surface area contributed by atoms with Crippen molar-refractivity contribution in [1.29, 1.82) is 0 Å². The summed E-state index contributed by atoms with van der Waals surface area (Å²) in [6.45, 7) is 1.56. The first kappa shape index (κ1) is 14.8. The number of nitrogen functional groups attached to an aromatic ring is 1. The quantitative estimate of drug-likeness (QED) is 0.700. The largest absolute Gasteiger partial charge is 0.392 e. The van der Waals surface area contributed by atoms with Gasteiger partial charge in [-0.05, 0) is 12.0 Å². The normalized spacial score (nSPS) is 28.1. The van der Waals surface area contributed by atoms with Gasteiger partial charge in [-0.1, -0.05) is 12.8 Å². The van der Waals surface area contributed by atoms with Crippen LogP contribution in [0.4, 0.5) is 5.82 Å². The fourth-order valence-corrected chi connectivity index (χ4v) is 2.91. The number of rotatable bonds is 3. The van der Waals surface area contributed by atoms with E-state index in [2.05, 4.69) is 15.9 Å². The van der Waals surface area contributed by atoms with E-state index in [1.54, 1.807) is 4.57 Å². The van der Waals surface area contributed by atoms with Crippen LogP contribution in [0, 0.1) is 12.3 Å². The Morgan fingerprint density at radius 1 is 1.59 bits per heavy atom. The van der Waals surface area contributed by atoms with Crippen LogP contribution in [0.15, 0.2) is 12.5 Å². The molecule has 7 nitrogen and oxygen atoms in total. The number of nitrogens with two attached hydrogens (primary N) is 1. The van der Waals surface area contributed by atoms with E-state index >= 15 is 0 Å². The van der Waals surface area contributed by atoms with Gasteiger partial charge in [0.15, 0.2) is 5.60 Å². The Kier molecular flexibility index (Phi) is 3.53. The van der Waals surface area contributed by atoms with Crippen LogP contribution in [0.1, 0.15) is 25.1 Å². The van der Waals surface area contributed by atoms with Crippen molar-refractivity contribution in [1.82, 2.24) is 14.5 Å². The minimum atomic E-state index is -1.38. The molecule has 3 atom stereocenters. The van der Waals surface area contributed by atoms with Gasteiger partial charge in [0.25, 0.3) is 0 Å². The summed E-state index contributed by atoms with van der Waals surface area (Å²) in [6.07, 6.45) is 8.26. The molecule has 0 aromatic carbocycles. The molecule has 0 saturated carbocycles. The summed E-state index contributed by atoms with van der Waals surface area (Å²) in [7, 11) is 0. The van der Waals surface area contributed by atoms with Crippen LogP contribution in [0.3, 0.4) is 0 Å². The van der Waals surface area contributed by atoms with E-state index in [1.807, 2.05) is 13.1 Å². The third-order valence-corrected chi connectivity index (χ3v) is 4.20. The second-order valence-electron chi connectivity index (χ2n) is 5.39. The van der Waals surface area contributed by atoms with Gasteiger partial charge in [-0.25, -0.2) is 9.97 Å². The van der Waals surface area contributed by atoms with Crippen LogP contribution >= 0.6 is 0 Å². The summed E-state index contributed by atoms with van der Waals surface area (Å²) < 4.78 is 7.57. The van der Waals surface area contributed by atoms with Crippen molar-refractivity contribution in [2.45, 2.75) is 37.7 Å². The second-order valence-corrected chi connectivity index (χ2v) is 5.39. The second kappa shape index (κ2) is 5.25. The minimum Gasteiger partial charge on any atom is -0.392 e. The zero-order valence-corrected chi connectivity index (χ0v) is 12.2. The number of aliphatic hydroxyl groups excluding tert-OH is 2. The number of nitrogens with zero attached hydrogens (tertiary/aromatic N) is 3. The molecule has 0 spiro atoms. The molecule has 0 bridgehead atoms. The number of anilines is 1. The summed E-state index contributed by atoms with van der Waals surface area (Å²) in [5.74, 6) is 2.77. The maximum atomic E-state index is 10.2. The predicted molar refractivity (Wildman–Crippen MR) is 80.7 cm³/mol. The van der Waals surface area contributed by atoms with Gasteiger partial charge in [0.05, 0.1) is 12.0 Å². The van der Waals surface area contributed by atoms with E-state index in [1.165, 1.54) is 6.33 Å². The van der Waals surface area contributed by atoms with Crippen molar-refractivity contribution in [3.05, 3.63) is 18.1 Å². The maximum absolute atomic E-state index is 10.2. The lowest BCUT2D eigenvalue weighted by molar-refractivity contribution is -0.0890. The molecule has 0 radical (unpaired) electrons. The molecule has 2 aromatic heterocycles. The number of hydrogen-bond acceptors (Lipinski definition) is 6. The van der Waals surface area contributed by atoms with Crippen LogP contribution < -0.4 is 5.73 Å². The summed E-state index contributed by atoms with van der Waals surface area (Å²) >= 11 is 0. The number of aromatic nitrogens is 3. The number of ether oxygens (including phenoxy) is 1. The lowest BCUT2D eigenvalue weighted by atomic mass is 9.99. The molecule has 2 aromatic rings. The highest BCUT2D eigenvalue weighted by Gasteiger charge is 2.47. The number of hydrogen-bond donors (Lipinski definition) is 3. The Hall–Kier alpha value is -2.14. The molecular formula is C15H18N4O3. The zero-order chi connectivity index (χ0) is 15.9. The smallest absolute Gasteiger partial charge is 0.179 e. The van der Waals surface area contributed by atoms with Gasteiger partial charge in [-0.2, -0.15) is 0 Å². The lowest BCUT2D eigenvalue weighted by Gasteiger charge is -2.23. The van der Waals surface area contributed by atoms with Crippen molar-refractivity contribution in [2.75, 3.05) is 12.3 Å². The maximum Gasteiger partial charge on any atom is 0.179 e. The third kappa shape index (κ3) is 1.96. The average molecular weight is 302 g/mol. The number of fused-ring (bicyclic) bond motifs is 1. The van der Waals surface area contributed by atoms with Crippen molar-refractivity contribution in [3.63, 3.8) is 0 Å². The molecule has 1 aliphatic rings. The van der Waals surface area contributed by atoms with Crippen LogP contribution in [0.5, 0.6) is 0 Å². The van der Waals surface area contributed by atoms with Crippen molar-refractivity contribution in [3.8, 4) is 12.3 Å². The number of aryl methyl sites for hydroxylation is 1. The Labute approximate surface area is 127 Å². The van der Waals surface area contributed by atoms with Gasteiger partial charge in [-0.15, -0.1) is 6.42 Å². The summed E-state index contributed by atoms with van der Waals surface area (Å²) in [5.41, 5.74) is 6.19. The summed E-state index contributed by atoms with van der Waals surface area (Å²) in [6, 6.07) is 0. The predicted octanol–water partition coefficient (Wildman–Crippen LogP) is 0.220. The standard InChI is InChI=1S/C15H18N4O3/c1-3-9-6-19(14-12(9)13(16)17-8-18-14)11-5-10(21)15(4-2,7-20)22-11/h2,6,8,10-11,20-21H,3,5,7H2,1H3,(H2,16,17,18). The monoisotopic (exact) mass is 302 g/mol. The zero-order valence-electron chi connectivity index (χ0n) is 12.2. The van der Waals surface area contributed by atoms with E-state index in [4.69, 9.17) is 16.9 Å². The van der Waals surface area contributed by atoms with Crippen LogP contribution in [0.25, 0.3) is 11.0 Å². The number of aliphatic hydroxyl groups is 2. The Balaban J connectivity index is 2.09. The van der Waals surface area contributed by atoms with Gasteiger partial charge < -0.3 is 25.3 Å². The molecule has 1 fully saturated rings. The lowest BCUT2D eigenvalue weighted by Crippen LogP contribution is -2.41. The first-order valence-corrected chi connectivity index (χ1v) is 7.10. The SMILES string of the molecule is C#CC1(CO)OC(n2cc(CC)c3c(N)ncnc32)CC1O. The molecule has 22 heavy (non-hydrogen) atoms. The molecule has 1 saturated heterocycles. The Bertz CT molecular complexity index is 751. The third-order valence-electron chi connectivity index (χ3n) is 4.20. The molecule has 116 valence electrons. The highest BCUT2D eigenvalue weighted by Crippen LogP contribution is 2.39. The van der Waals surface area contributed by atoms with E-state index in [0.29, 0.717) is 11.5 Å². The Morgan fingerprint density at radius 2 is 2.36 bits per heavy atom. The fraction of sp³-hybridized carbons (Fsp3) is 0.467. The molecule has 3 unspecified atom stereocenters. The van der Waals surface area contributed by atoms with Crippen LogP contribution in [-0.4, -0.2) is 43.1 Å². The first-order valence-electron chi connectivity index (χ1n) is 7.10. The van der Waals surface area contributed by atoms with Crippen LogP contribution in [-0.2, 0) is 11.2 Å². The highest BCUT2D eigenvalue weighted by atomic mass is 16.6. The minimum absolute atomic E-state index is 0.265. The van der Waals surface area contributed by atoms with Crippen molar-refractivity contribution >= 4 is 16.9 Å². The molecule has 0 amide bonds. The van der Waals surface area contributed by atoms with Crippen molar-refractivity contribution in [2.24, 2.45) is 0 Å². The van der Waals surface area contributed by atoms with E-state index in [0.717, 1.165) is 17.4 Å². The molecular weight excluding hydrogens is 284 g/mol. The fourth-order valence-electron chi connectivity index (χ4n) is 2.91. The molecule has 4 N–H and O–H groups in total. The summed E-state index contributed by atoms with van der Waals surface area (Å²) in [5, 5.41) is 20.4. The molecule has 3 rings (SSSR count). The van der Waals surface area contributed by atoms with Gasteiger partial charge >= 0.3 is 0 Å². The molecule has 1 aliphatic heterocycles. The van der Waals surface area contributed by atoms with Gasteiger partial charge in [-0.3, -0.25) is 0 Å². The topological polar surface area (TPSA) is 106 Å².